The van der Waals surface area contributed by atoms with E-state index in [2.05, 4.69) is 32.1 Å². The van der Waals surface area contributed by atoms with Gasteiger partial charge in [-0.25, -0.2) is 11.6 Å². The van der Waals surface area contributed by atoms with Crippen LogP contribution in [0.5, 0.6) is 0 Å². The summed E-state index contributed by atoms with van der Waals surface area (Å²) in [6, 6.07) is 0. The van der Waals surface area contributed by atoms with Gasteiger partial charge < -0.3 is 0 Å². The summed E-state index contributed by atoms with van der Waals surface area (Å²) >= 11 is 0. The smallest absolute Gasteiger partial charge is 0.269 e. The molecule has 9 heavy (non-hydrogen) atoms. The second kappa shape index (κ2) is 3.98. The number of rotatable bonds is 1. The van der Waals surface area contributed by atoms with Gasteiger partial charge in [-0.3, -0.25) is 6.08 Å². The van der Waals surface area contributed by atoms with Crippen molar-refractivity contribution in [3.63, 3.8) is 0 Å². The first-order valence-corrected chi connectivity index (χ1v) is 3.08. The summed E-state index contributed by atoms with van der Waals surface area (Å²) in [4.78, 5) is 0. The molecule has 0 aliphatic heterocycles. The second-order valence-corrected chi connectivity index (χ2v) is 2.39. The first-order chi connectivity index (χ1) is 3.80. The topological polar surface area (TPSA) is 0 Å². The maximum absolute atomic E-state index is 3.26. The summed E-state index contributed by atoms with van der Waals surface area (Å²) in [6.45, 7) is 4.38. The normalized spacial score (nSPS) is 15.7. The molecule has 0 aromatic carbocycles. The van der Waals surface area contributed by atoms with Gasteiger partial charge in [0.25, 0.3) is 0 Å². The molecule has 0 heterocycles. The molecular weight excluding hydrogens is 103 g/mol. The third-order valence-electron chi connectivity index (χ3n) is 1.34. The van der Waals surface area contributed by atoms with Gasteiger partial charge in [0.1, 0.15) is 0 Å². The van der Waals surface area contributed by atoms with Gasteiger partial charge in [-0.1, -0.05) is 19.8 Å². The summed E-state index contributed by atoms with van der Waals surface area (Å²) in [5.41, 5.74) is 1.37. The predicted octanol–water partition coefficient (Wildman–Crippen LogP) is -0.664. The zero-order chi connectivity index (χ0) is 5.98. The Labute approximate surface area is 69.2 Å². The van der Waals surface area contributed by atoms with E-state index in [4.69, 9.17) is 0 Å². The summed E-state index contributed by atoms with van der Waals surface area (Å²) in [5, 5.41) is 0. The molecule has 0 saturated carbocycles. The van der Waals surface area contributed by atoms with Crippen LogP contribution in [0.15, 0.2) is 17.7 Å². The first kappa shape index (κ1) is 9.08. The van der Waals surface area contributed by atoms with E-state index in [-0.39, 0.29) is 18.9 Å². The van der Waals surface area contributed by atoms with E-state index in [1.54, 1.807) is 0 Å². The molecule has 0 amide bonds. The summed E-state index contributed by atoms with van der Waals surface area (Å²) < 4.78 is 0. The number of hydrogen-bond acceptors (Lipinski definition) is 0. The van der Waals surface area contributed by atoms with E-state index in [9.17, 15) is 0 Å². The summed E-state index contributed by atoms with van der Waals surface area (Å²) in [5.74, 6) is 0.661. The molecule has 0 fully saturated rings. The van der Waals surface area contributed by atoms with Gasteiger partial charge in [-0.15, -0.1) is 6.42 Å². The minimum atomic E-state index is 0. The molecule has 1 aliphatic carbocycles. The van der Waals surface area contributed by atoms with Crippen LogP contribution in [0.2, 0.25) is 0 Å². The van der Waals surface area contributed by atoms with E-state index in [0.29, 0.717) is 5.92 Å². The molecule has 0 unspecified atom stereocenters. The van der Waals surface area contributed by atoms with Crippen LogP contribution in [-0.4, -0.2) is 0 Å². The van der Waals surface area contributed by atoms with Crippen LogP contribution in [0.1, 0.15) is 20.3 Å². The van der Waals surface area contributed by atoms with Crippen LogP contribution in [-0.2, 0) is 0 Å². The summed E-state index contributed by atoms with van der Waals surface area (Å²) in [6.07, 6.45) is 8.59. The Bertz CT molecular complexity index is 132. The Kier molecular flexibility index (Phi) is 4.02. The third kappa shape index (κ3) is 2.43. The van der Waals surface area contributed by atoms with Crippen molar-refractivity contribution in [2.45, 2.75) is 20.3 Å². The third-order valence-corrected chi connectivity index (χ3v) is 1.34. The molecule has 0 radical (unpaired) electrons. The first-order valence-electron chi connectivity index (χ1n) is 3.08. The van der Waals surface area contributed by atoms with Crippen LogP contribution < -0.4 is 18.9 Å². The van der Waals surface area contributed by atoms with Crippen LogP contribution in [0, 0.1) is 12.0 Å². The zero-order valence-corrected chi connectivity index (χ0v) is 6.44. The molecule has 0 saturated heterocycles. The van der Waals surface area contributed by atoms with Gasteiger partial charge in [-0.2, -0.15) is 6.08 Å². The molecule has 0 bridgehead atoms. The molecule has 1 rings (SSSR count). The summed E-state index contributed by atoms with van der Waals surface area (Å²) in [7, 11) is 0. The van der Waals surface area contributed by atoms with Gasteiger partial charge in [0.05, 0.1) is 0 Å². The van der Waals surface area contributed by atoms with Crippen molar-refractivity contribution in [3.8, 4) is 0 Å². The largest absolute Gasteiger partial charge is 1.00 e. The monoisotopic (exact) mass is 114 g/mol. The molecule has 1 aliphatic rings. The molecule has 0 nitrogen and oxygen atoms in total. The predicted molar refractivity (Wildman–Crippen MR) is 35.4 cm³/mol. The molecule has 0 N–H and O–H groups in total. The van der Waals surface area contributed by atoms with Crippen molar-refractivity contribution in [1.29, 1.82) is 0 Å². The standard InChI is InChI=1S/C8H11.Li/c1-7(2)8-5-3-4-6-8;/h3,5,7H,4H2,1-2H3;/q-1;+1. The van der Waals surface area contributed by atoms with Gasteiger partial charge in [0.2, 0.25) is 0 Å². The van der Waals surface area contributed by atoms with Crippen molar-refractivity contribution in [2.75, 3.05) is 0 Å². The van der Waals surface area contributed by atoms with Gasteiger partial charge >= 0.3 is 18.9 Å². The SMILES string of the molecule is CC(C)C1=[C-]CC=C1.[Li+]. The Morgan fingerprint density at radius 2 is 2.22 bits per heavy atom. The molecule has 0 atom stereocenters. The quantitative estimate of drug-likeness (QED) is 0.313. The van der Waals surface area contributed by atoms with Gasteiger partial charge in [0.15, 0.2) is 0 Å². The molecule has 1 heteroatoms. The molecular formula is C8H11Li. The van der Waals surface area contributed by atoms with Crippen LogP contribution in [0.4, 0.5) is 0 Å². The van der Waals surface area contributed by atoms with Gasteiger partial charge in [-0.05, 0) is 0 Å². The minimum absolute atomic E-state index is 0. The van der Waals surface area contributed by atoms with E-state index in [1.165, 1.54) is 5.57 Å². The average Bonchev–Trinajstić information content (AvgIpc) is 2.12. The molecule has 0 spiro atoms. The van der Waals surface area contributed by atoms with Gasteiger partial charge in [0, 0.05) is 0 Å². The zero-order valence-electron chi connectivity index (χ0n) is 6.44. The van der Waals surface area contributed by atoms with E-state index >= 15 is 0 Å². The van der Waals surface area contributed by atoms with Crippen molar-refractivity contribution >= 4 is 0 Å². The van der Waals surface area contributed by atoms with E-state index in [0.717, 1.165) is 6.42 Å². The fourth-order valence-corrected chi connectivity index (χ4v) is 0.818. The van der Waals surface area contributed by atoms with Crippen molar-refractivity contribution < 1.29 is 18.9 Å². The molecule has 44 valence electrons. The van der Waals surface area contributed by atoms with Crippen LogP contribution in [0.25, 0.3) is 0 Å². The Hall–Kier alpha value is 0.0774. The van der Waals surface area contributed by atoms with Crippen LogP contribution in [0.3, 0.4) is 0 Å². The number of allylic oxidation sites excluding steroid dienone is 4. The fraction of sp³-hybridized carbons (Fsp3) is 0.500. The van der Waals surface area contributed by atoms with Crippen molar-refractivity contribution in [3.05, 3.63) is 23.8 Å². The molecule has 0 aromatic heterocycles. The van der Waals surface area contributed by atoms with E-state index in [1.807, 2.05) is 0 Å². The Morgan fingerprint density at radius 1 is 1.56 bits per heavy atom. The van der Waals surface area contributed by atoms with Crippen molar-refractivity contribution in [1.82, 2.24) is 0 Å². The average molecular weight is 114 g/mol. The fourth-order valence-electron chi connectivity index (χ4n) is 0.818. The maximum atomic E-state index is 3.26. The molecule has 0 aromatic rings. The second-order valence-electron chi connectivity index (χ2n) is 2.39. The minimum Gasteiger partial charge on any atom is -0.269 e. The Morgan fingerprint density at radius 3 is 2.44 bits per heavy atom. The number of hydrogen-bond donors (Lipinski definition) is 0. The van der Waals surface area contributed by atoms with Crippen LogP contribution >= 0.6 is 0 Å². The maximum Gasteiger partial charge on any atom is 1.00 e. The van der Waals surface area contributed by atoms with Crippen molar-refractivity contribution in [2.24, 2.45) is 5.92 Å². The Balaban J connectivity index is 0.000000640. The van der Waals surface area contributed by atoms with E-state index < -0.39 is 0 Å².